The largest absolute Gasteiger partial charge is 0.493 e. The van der Waals surface area contributed by atoms with Crippen LogP contribution in [0.15, 0.2) is 18.2 Å². The molecule has 1 N–H and O–H groups in total. The third-order valence-corrected chi connectivity index (χ3v) is 2.40. The van der Waals surface area contributed by atoms with Gasteiger partial charge in [-0.1, -0.05) is 12.1 Å². The molecule has 1 heterocycles. The van der Waals surface area contributed by atoms with E-state index in [1.54, 1.807) is 18.2 Å². The molecule has 1 saturated heterocycles. The maximum Gasteiger partial charge on any atom is 0.415 e. The smallest absolute Gasteiger partial charge is 0.415 e. The highest BCUT2D eigenvalue weighted by Crippen LogP contribution is 2.37. The topological polar surface area (TPSA) is 73.9 Å². The van der Waals surface area contributed by atoms with Crippen LogP contribution in [0.2, 0.25) is 0 Å². The van der Waals surface area contributed by atoms with Crippen LogP contribution >= 0.6 is 0 Å². The minimum absolute atomic E-state index is 0.379. The van der Waals surface area contributed by atoms with Gasteiger partial charge in [0.2, 0.25) is 6.10 Å². The number of para-hydroxylation sites is 1. The van der Waals surface area contributed by atoms with Crippen molar-refractivity contribution >= 4 is 12.0 Å². The van der Waals surface area contributed by atoms with Gasteiger partial charge in [0, 0.05) is 5.56 Å². The average molecular weight is 237 g/mol. The van der Waals surface area contributed by atoms with Crippen molar-refractivity contribution in [1.82, 2.24) is 5.32 Å². The predicted molar refractivity (Wildman–Crippen MR) is 56.9 cm³/mol. The van der Waals surface area contributed by atoms with E-state index in [0.29, 0.717) is 17.1 Å². The molecule has 1 aliphatic rings. The summed E-state index contributed by atoms with van der Waals surface area (Å²) < 4.78 is 15.1. The lowest BCUT2D eigenvalue weighted by molar-refractivity contribution is -0.123. The van der Waals surface area contributed by atoms with E-state index in [4.69, 9.17) is 14.2 Å². The number of carbonyl (C=O) groups is 2. The van der Waals surface area contributed by atoms with E-state index in [9.17, 15) is 9.59 Å². The lowest BCUT2D eigenvalue weighted by atomic mass is 10.1. The fourth-order valence-electron chi connectivity index (χ4n) is 1.68. The van der Waals surface area contributed by atoms with Crippen molar-refractivity contribution in [3.05, 3.63) is 23.8 Å². The van der Waals surface area contributed by atoms with E-state index in [0.717, 1.165) is 0 Å². The molecule has 6 nitrogen and oxygen atoms in total. The minimum Gasteiger partial charge on any atom is -0.493 e. The Bertz CT molecular complexity index is 471. The average Bonchev–Trinajstić information content (AvgIpc) is 2.67. The summed E-state index contributed by atoms with van der Waals surface area (Å²) in [6, 6.07) is 5.03. The number of nitrogens with one attached hydrogen (secondary N) is 1. The van der Waals surface area contributed by atoms with E-state index in [1.807, 2.05) is 0 Å². The molecule has 2 amide bonds. The Labute approximate surface area is 97.5 Å². The molecular weight excluding hydrogens is 226 g/mol. The van der Waals surface area contributed by atoms with Gasteiger partial charge >= 0.3 is 6.09 Å². The highest BCUT2D eigenvalue weighted by Gasteiger charge is 2.36. The third kappa shape index (κ3) is 1.89. The normalized spacial score (nSPS) is 18.6. The fraction of sp³-hybridized carbons (Fsp3) is 0.273. The molecule has 0 saturated carbocycles. The fourth-order valence-corrected chi connectivity index (χ4v) is 1.68. The van der Waals surface area contributed by atoms with Crippen LogP contribution in [0, 0.1) is 0 Å². The van der Waals surface area contributed by atoms with Gasteiger partial charge in [-0.3, -0.25) is 10.1 Å². The van der Waals surface area contributed by atoms with E-state index >= 15 is 0 Å². The maximum atomic E-state index is 11.5. The van der Waals surface area contributed by atoms with Crippen molar-refractivity contribution in [3.8, 4) is 11.5 Å². The Morgan fingerprint density at radius 3 is 2.53 bits per heavy atom. The molecule has 1 aliphatic heterocycles. The molecule has 2 rings (SSSR count). The molecule has 6 heteroatoms. The highest BCUT2D eigenvalue weighted by molar-refractivity contribution is 6.00. The van der Waals surface area contributed by atoms with Gasteiger partial charge in [0.05, 0.1) is 14.2 Å². The van der Waals surface area contributed by atoms with Crippen LogP contribution < -0.4 is 14.8 Å². The summed E-state index contributed by atoms with van der Waals surface area (Å²) in [6.07, 6.45) is -1.75. The highest BCUT2D eigenvalue weighted by atomic mass is 16.6. The predicted octanol–water partition coefficient (Wildman–Crippen LogP) is 1.01. The van der Waals surface area contributed by atoms with Crippen LogP contribution in [0.1, 0.15) is 11.7 Å². The van der Waals surface area contributed by atoms with Gasteiger partial charge in [0.1, 0.15) is 0 Å². The van der Waals surface area contributed by atoms with Gasteiger partial charge in [-0.15, -0.1) is 0 Å². The summed E-state index contributed by atoms with van der Waals surface area (Å²) in [7, 11) is 2.94. The quantitative estimate of drug-likeness (QED) is 0.849. The van der Waals surface area contributed by atoms with E-state index in [-0.39, 0.29) is 0 Å². The number of alkyl carbamates (subject to hydrolysis) is 1. The molecule has 17 heavy (non-hydrogen) atoms. The van der Waals surface area contributed by atoms with Gasteiger partial charge in [0.25, 0.3) is 5.91 Å². The van der Waals surface area contributed by atoms with Crippen LogP contribution in [0.25, 0.3) is 0 Å². The Balaban J connectivity index is 2.44. The number of ether oxygens (including phenoxy) is 3. The number of hydrogen-bond donors (Lipinski definition) is 1. The van der Waals surface area contributed by atoms with Gasteiger partial charge in [0.15, 0.2) is 11.5 Å². The van der Waals surface area contributed by atoms with E-state index in [2.05, 4.69) is 5.32 Å². The zero-order chi connectivity index (χ0) is 12.4. The molecule has 0 radical (unpaired) electrons. The molecule has 1 aromatic rings. The summed E-state index contributed by atoms with van der Waals surface area (Å²) in [5.74, 6) is 0.340. The molecule has 0 aliphatic carbocycles. The van der Waals surface area contributed by atoms with Crippen molar-refractivity contribution < 1.29 is 23.8 Å². The molecule has 90 valence electrons. The lowest BCUT2D eigenvalue weighted by Crippen LogP contribution is -2.20. The molecule has 0 spiro atoms. The van der Waals surface area contributed by atoms with Crippen molar-refractivity contribution in [2.75, 3.05) is 14.2 Å². The lowest BCUT2D eigenvalue weighted by Gasteiger charge is -2.14. The van der Waals surface area contributed by atoms with E-state index < -0.39 is 18.1 Å². The summed E-state index contributed by atoms with van der Waals surface area (Å²) in [4.78, 5) is 22.5. The van der Waals surface area contributed by atoms with Crippen molar-refractivity contribution in [3.63, 3.8) is 0 Å². The van der Waals surface area contributed by atoms with Gasteiger partial charge < -0.3 is 14.2 Å². The Hall–Kier alpha value is -2.24. The SMILES string of the molecule is COc1cccc([C@@H]2OC(=O)NC2=O)c1OC. The maximum absolute atomic E-state index is 11.5. The second kappa shape index (κ2) is 4.32. The third-order valence-electron chi connectivity index (χ3n) is 2.40. The van der Waals surface area contributed by atoms with Crippen LogP contribution in [0.3, 0.4) is 0 Å². The van der Waals surface area contributed by atoms with Gasteiger partial charge in [-0.25, -0.2) is 4.79 Å². The number of rotatable bonds is 3. The molecule has 1 fully saturated rings. The summed E-state index contributed by atoms with van der Waals surface area (Å²) in [6.45, 7) is 0. The number of amides is 2. The zero-order valence-electron chi connectivity index (χ0n) is 9.35. The van der Waals surface area contributed by atoms with Crippen LogP contribution in [0.5, 0.6) is 11.5 Å². The first kappa shape index (κ1) is 11.3. The molecule has 0 unspecified atom stereocenters. The number of cyclic esters (lactones) is 1. The first-order valence-electron chi connectivity index (χ1n) is 4.89. The van der Waals surface area contributed by atoms with Crippen molar-refractivity contribution in [2.45, 2.75) is 6.10 Å². The monoisotopic (exact) mass is 237 g/mol. The number of carbonyl (C=O) groups excluding carboxylic acids is 2. The van der Waals surface area contributed by atoms with Crippen LogP contribution in [-0.2, 0) is 9.53 Å². The van der Waals surface area contributed by atoms with Crippen LogP contribution in [-0.4, -0.2) is 26.2 Å². The molecule has 1 aromatic carbocycles. The second-order valence-electron chi connectivity index (χ2n) is 3.36. The summed E-state index contributed by atoms with van der Waals surface area (Å²) in [5, 5.41) is 2.06. The van der Waals surface area contributed by atoms with Crippen molar-refractivity contribution in [2.24, 2.45) is 0 Å². The minimum atomic E-state index is -0.993. The van der Waals surface area contributed by atoms with Gasteiger partial charge in [-0.05, 0) is 6.07 Å². The molecular formula is C11H11NO5. The van der Waals surface area contributed by atoms with Gasteiger partial charge in [-0.2, -0.15) is 0 Å². The Morgan fingerprint density at radius 2 is 2.00 bits per heavy atom. The number of imide groups is 1. The van der Waals surface area contributed by atoms with E-state index in [1.165, 1.54) is 14.2 Å². The first-order valence-corrected chi connectivity index (χ1v) is 4.89. The number of methoxy groups -OCH3 is 2. The standard InChI is InChI=1S/C11H11NO5/c1-15-7-5-3-4-6(8(7)16-2)9-10(13)12-11(14)17-9/h3-5,9H,1-2H3,(H,12,13,14)/t9-/m0/s1. The first-order chi connectivity index (χ1) is 8.17. The molecule has 0 bridgehead atoms. The van der Waals surface area contributed by atoms with Crippen molar-refractivity contribution in [1.29, 1.82) is 0 Å². The Kier molecular flexibility index (Phi) is 2.86. The Morgan fingerprint density at radius 1 is 1.24 bits per heavy atom. The summed E-state index contributed by atoms with van der Waals surface area (Å²) in [5.41, 5.74) is 0.454. The van der Waals surface area contributed by atoms with Crippen LogP contribution in [0.4, 0.5) is 4.79 Å². The molecule has 1 atom stereocenters. The molecule has 0 aromatic heterocycles. The zero-order valence-corrected chi connectivity index (χ0v) is 9.35. The number of hydrogen-bond acceptors (Lipinski definition) is 5. The summed E-state index contributed by atoms with van der Waals surface area (Å²) >= 11 is 0. The second-order valence-corrected chi connectivity index (χ2v) is 3.36. The number of benzene rings is 1.